The zero-order chi connectivity index (χ0) is 15.1. The van der Waals surface area contributed by atoms with Gasteiger partial charge >= 0.3 is 0 Å². The molecule has 0 radical (unpaired) electrons. The molecule has 0 atom stereocenters. The maximum atomic E-state index is 11.9. The number of aromatic nitrogens is 2. The van der Waals surface area contributed by atoms with E-state index >= 15 is 0 Å². The first-order valence-electron chi connectivity index (χ1n) is 6.95. The van der Waals surface area contributed by atoms with E-state index < -0.39 is 0 Å². The van der Waals surface area contributed by atoms with Gasteiger partial charge in [0.25, 0.3) is 5.91 Å². The van der Waals surface area contributed by atoms with Crippen LogP contribution in [-0.2, 0) is 6.54 Å². The molecule has 1 aromatic heterocycles. The Morgan fingerprint density at radius 1 is 1.33 bits per heavy atom. The summed E-state index contributed by atoms with van der Waals surface area (Å²) in [6.07, 6.45) is 3.30. The Morgan fingerprint density at radius 2 is 2.14 bits per heavy atom. The van der Waals surface area contributed by atoms with Crippen LogP contribution in [0.5, 0.6) is 0 Å². The summed E-state index contributed by atoms with van der Waals surface area (Å²) in [6, 6.07) is 7.60. The van der Waals surface area contributed by atoms with Crippen molar-refractivity contribution in [1.82, 2.24) is 20.4 Å². The molecule has 0 saturated carbocycles. The largest absolute Gasteiger partial charge is 0.351 e. The first-order valence-corrected chi connectivity index (χ1v) is 7.33. The number of halogens is 1. The molecule has 0 aliphatic carbocycles. The highest BCUT2D eigenvalue weighted by Crippen LogP contribution is 2.16. The van der Waals surface area contributed by atoms with Crippen LogP contribution in [0.15, 0.2) is 36.7 Å². The molecule has 0 aliphatic heterocycles. The highest BCUT2D eigenvalue weighted by atomic mass is 35.5. The zero-order valence-corrected chi connectivity index (χ0v) is 12.7. The van der Waals surface area contributed by atoms with Crippen LogP contribution in [-0.4, -0.2) is 35.3 Å². The van der Waals surface area contributed by atoms with Crippen LogP contribution in [0, 0.1) is 0 Å². The lowest BCUT2D eigenvalue weighted by Crippen LogP contribution is -2.31. The molecule has 0 unspecified atom stereocenters. The fourth-order valence-electron chi connectivity index (χ4n) is 1.91. The van der Waals surface area contributed by atoms with Crippen LogP contribution in [0.3, 0.4) is 0 Å². The summed E-state index contributed by atoms with van der Waals surface area (Å²) in [5, 5.41) is 10.9. The fourth-order valence-corrected chi connectivity index (χ4v) is 2.11. The standard InChI is InChI=1S/C15H19ClN4O/c1-2-17-7-8-18-15(21)13-9-19-20(11-13)10-12-5-3-4-6-14(12)16/h3-6,9,11,17H,2,7-8,10H2,1H3,(H,18,21). The van der Waals surface area contributed by atoms with Gasteiger partial charge in [0.05, 0.1) is 18.3 Å². The van der Waals surface area contributed by atoms with Gasteiger partial charge in [-0.25, -0.2) is 0 Å². The SMILES string of the molecule is CCNCCNC(=O)c1cnn(Cc2ccccc2Cl)c1. The third kappa shape index (κ3) is 4.58. The highest BCUT2D eigenvalue weighted by Gasteiger charge is 2.08. The van der Waals surface area contributed by atoms with Crippen molar-refractivity contribution in [3.05, 3.63) is 52.8 Å². The van der Waals surface area contributed by atoms with Crippen molar-refractivity contribution in [2.24, 2.45) is 0 Å². The van der Waals surface area contributed by atoms with Crippen LogP contribution >= 0.6 is 11.6 Å². The number of carbonyl (C=O) groups is 1. The van der Waals surface area contributed by atoms with E-state index in [1.54, 1.807) is 17.1 Å². The second-order valence-corrected chi connectivity index (χ2v) is 5.03. The molecule has 112 valence electrons. The summed E-state index contributed by atoms with van der Waals surface area (Å²) in [5.41, 5.74) is 1.53. The molecular formula is C15H19ClN4O. The minimum Gasteiger partial charge on any atom is -0.351 e. The van der Waals surface area contributed by atoms with Crippen molar-refractivity contribution in [2.45, 2.75) is 13.5 Å². The molecule has 2 rings (SSSR count). The van der Waals surface area contributed by atoms with Gasteiger partial charge in [-0.2, -0.15) is 5.10 Å². The van der Waals surface area contributed by atoms with E-state index in [2.05, 4.69) is 15.7 Å². The molecule has 0 bridgehead atoms. The first-order chi connectivity index (χ1) is 10.2. The number of nitrogens with zero attached hydrogens (tertiary/aromatic N) is 2. The third-order valence-corrected chi connectivity index (χ3v) is 3.39. The lowest BCUT2D eigenvalue weighted by molar-refractivity contribution is 0.0954. The summed E-state index contributed by atoms with van der Waals surface area (Å²) in [7, 11) is 0. The minimum atomic E-state index is -0.113. The minimum absolute atomic E-state index is 0.113. The molecule has 6 heteroatoms. The van der Waals surface area contributed by atoms with Crippen LogP contribution in [0.4, 0.5) is 0 Å². The van der Waals surface area contributed by atoms with Crippen LogP contribution in [0.1, 0.15) is 22.8 Å². The number of nitrogens with one attached hydrogen (secondary N) is 2. The second-order valence-electron chi connectivity index (χ2n) is 4.63. The molecule has 1 heterocycles. The van der Waals surface area contributed by atoms with E-state index in [9.17, 15) is 4.79 Å². The molecule has 5 nitrogen and oxygen atoms in total. The molecule has 0 fully saturated rings. The Hall–Kier alpha value is -1.85. The number of hydrogen-bond donors (Lipinski definition) is 2. The molecule has 0 aliphatic rings. The van der Waals surface area contributed by atoms with E-state index in [1.807, 2.05) is 31.2 Å². The van der Waals surface area contributed by atoms with Crippen LogP contribution in [0.2, 0.25) is 5.02 Å². The molecule has 2 N–H and O–H groups in total. The van der Waals surface area contributed by atoms with Gasteiger partial charge in [-0.3, -0.25) is 9.48 Å². The number of hydrogen-bond acceptors (Lipinski definition) is 3. The van der Waals surface area contributed by atoms with Gasteiger partial charge in [0, 0.05) is 24.3 Å². The number of benzene rings is 1. The molecule has 1 aromatic carbocycles. The molecule has 21 heavy (non-hydrogen) atoms. The Bertz CT molecular complexity index is 597. The summed E-state index contributed by atoms with van der Waals surface area (Å²) >= 11 is 6.11. The molecule has 0 saturated heterocycles. The number of likely N-dealkylation sites (N-methyl/N-ethyl adjacent to an activating group) is 1. The van der Waals surface area contributed by atoms with Crippen molar-refractivity contribution in [1.29, 1.82) is 0 Å². The van der Waals surface area contributed by atoms with E-state index in [4.69, 9.17) is 11.6 Å². The van der Waals surface area contributed by atoms with E-state index in [1.165, 1.54) is 0 Å². The van der Waals surface area contributed by atoms with Crippen molar-refractivity contribution in [3.8, 4) is 0 Å². The van der Waals surface area contributed by atoms with Crippen molar-refractivity contribution < 1.29 is 4.79 Å². The van der Waals surface area contributed by atoms with E-state index in [0.29, 0.717) is 23.7 Å². The zero-order valence-electron chi connectivity index (χ0n) is 12.0. The Morgan fingerprint density at radius 3 is 2.90 bits per heavy atom. The van der Waals surface area contributed by atoms with Crippen molar-refractivity contribution >= 4 is 17.5 Å². The number of carbonyl (C=O) groups excluding carboxylic acids is 1. The lowest BCUT2D eigenvalue weighted by atomic mass is 10.2. The number of amides is 1. The van der Waals surface area contributed by atoms with Gasteiger partial charge in [0.1, 0.15) is 0 Å². The van der Waals surface area contributed by atoms with Gasteiger partial charge in [0.15, 0.2) is 0 Å². The van der Waals surface area contributed by atoms with Crippen molar-refractivity contribution in [2.75, 3.05) is 19.6 Å². The lowest BCUT2D eigenvalue weighted by Gasteiger charge is -2.04. The quantitative estimate of drug-likeness (QED) is 0.768. The maximum absolute atomic E-state index is 11.9. The summed E-state index contributed by atoms with van der Waals surface area (Å²) in [5.74, 6) is -0.113. The summed E-state index contributed by atoms with van der Waals surface area (Å²) < 4.78 is 1.71. The molecule has 1 amide bonds. The average Bonchev–Trinajstić information content (AvgIpc) is 2.94. The Labute approximate surface area is 129 Å². The maximum Gasteiger partial charge on any atom is 0.254 e. The van der Waals surface area contributed by atoms with Crippen LogP contribution in [0.25, 0.3) is 0 Å². The molecule has 2 aromatic rings. The summed E-state index contributed by atoms with van der Waals surface area (Å²) in [4.78, 5) is 11.9. The monoisotopic (exact) mass is 306 g/mol. The van der Waals surface area contributed by atoms with Gasteiger partial charge in [0.2, 0.25) is 0 Å². The smallest absolute Gasteiger partial charge is 0.254 e. The predicted molar refractivity (Wildman–Crippen MR) is 83.7 cm³/mol. The predicted octanol–water partition coefficient (Wildman–Crippen LogP) is 1.92. The van der Waals surface area contributed by atoms with Gasteiger partial charge in [-0.15, -0.1) is 0 Å². The Kier molecular flexibility index (Phi) is 5.78. The van der Waals surface area contributed by atoms with Gasteiger partial charge < -0.3 is 10.6 Å². The van der Waals surface area contributed by atoms with Gasteiger partial charge in [-0.1, -0.05) is 36.7 Å². The highest BCUT2D eigenvalue weighted by molar-refractivity contribution is 6.31. The normalized spacial score (nSPS) is 10.6. The van der Waals surface area contributed by atoms with Crippen LogP contribution < -0.4 is 10.6 Å². The van der Waals surface area contributed by atoms with E-state index in [0.717, 1.165) is 18.7 Å². The first kappa shape index (κ1) is 15.5. The third-order valence-electron chi connectivity index (χ3n) is 3.02. The topological polar surface area (TPSA) is 58.9 Å². The number of rotatable bonds is 7. The van der Waals surface area contributed by atoms with Gasteiger partial charge in [-0.05, 0) is 18.2 Å². The second kappa shape index (κ2) is 7.81. The van der Waals surface area contributed by atoms with Crippen molar-refractivity contribution in [3.63, 3.8) is 0 Å². The average molecular weight is 307 g/mol. The van der Waals surface area contributed by atoms with E-state index in [-0.39, 0.29) is 5.91 Å². The Balaban J connectivity index is 1.92. The molecule has 0 spiro atoms. The molecular weight excluding hydrogens is 288 g/mol. The fraction of sp³-hybridized carbons (Fsp3) is 0.333. The summed E-state index contributed by atoms with van der Waals surface area (Å²) in [6.45, 7) is 4.83.